The molecule has 1 aliphatic heterocycles. The molecule has 0 saturated carbocycles. The summed E-state index contributed by atoms with van der Waals surface area (Å²) in [5, 5.41) is 9.42. The van der Waals surface area contributed by atoms with Crippen LogP contribution >= 0.6 is 0 Å². The molecule has 2 heteroatoms. The molecule has 1 N–H and O–H groups in total. The van der Waals surface area contributed by atoms with E-state index in [2.05, 4.69) is 24.3 Å². The highest BCUT2D eigenvalue weighted by Gasteiger charge is 2.16. The smallest absolute Gasteiger partial charge is 0.0728 e. The molecule has 0 atom stereocenters. The van der Waals surface area contributed by atoms with Gasteiger partial charge in [-0.3, -0.25) is 0 Å². The number of hydrogen-bond donors (Lipinski definition) is 1. The van der Waals surface area contributed by atoms with E-state index in [1.807, 2.05) is 18.2 Å². The van der Waals surface area contributed by atoms with Gasteiger partial charge < -0.3 is 9.84 Å². The highest BCUT2D eigenvalue weighted by atomic mass is 16.5. The van der Waals surface area contributed by atoms with Gasteiger partial charge in [-0.05, 0) is 39.9 Å². The molecule has 0 aromatic heterocycles. The number of rotatable bonds is 2. The number of hydrogen-bond acceptors (Lipinski definition) is 2. The minimum absolute atomic E-state index is 0.0758. The molecule has 0 amide bonds. The van der Waals surface area contributed by atoms with Gasteiger partial charge >= 0.3 is 0 Å². The molecule has 0 aliphatic carbocycles. The van der Waals surface area contributed by atoms with E-state index in [9.17, 15) is 5.11 Å². The van der Waals surface area contributed by atoms with Crippen molar-refractivity contribution >= 4 is 0 Å². The summed E-state index contributed by atoms with van der Waals surface area (Å²) in [5.74, 6) is 0. The molecule has 1 heterocycles. The van der Waals surface area contributed by atoms with Gasteiger partial charge in [0.1, 0.15) is 0 Å². The van der Waals surface area contributed by atoms with Crippen LogP contribution in [0.25, 0.3) is 11.1 Å². The monoisotopic (exact) mass is 226 g/mol. The molecule has 1 aliphatic rings. The zero-order valence-electron chi connectivity index (χ0n) is 9.52. The number of aliphatic hydroxyl groups is 1. The van der Waals surface area contributed by atoms with Gasteiger partial charge in [0.15, 0.2) is 0 Å². The predicted octanol–water partition coefficient (Wildman–Crippen LogP) is 2.88. The van der Waals surface area contributed by atoms with E-state index in [0.717, 1.165) is 16.7 Å². The van der Waals surface area contributed by atoms with E-state index in [4.69, 9.17) is 4.74 Å². The zero-order chi connectivity index (χ0) is 11.7. The van der Waals surface area contributed by atoms with Gasteiger partial charge in [0.05, 0.1) is 19.8 Å². The lowest BCUT2D eigenvalue weighted by Crippen LogP contribution is -1.94. The maximum Gasteiger partial charge on any atom is 0.0728 e. The molecule has 0 bridgehead atoms. The summed E-state index contributed by atoms with van der Waals surface area (Å²) < 4.78 is 5.44. The van der Waals surface area contributed by atoms with Crippen LogP contribution in [0.5, 0.6) is 0 Å². The SMILES string of the molecule is OCc1cc(-c2ccccc2)cc2c1COC2. The van der Waals surface area contributed by atoms with E-state index in [1.165, 1.54) is 11.1 Å². The fraction of sp³-hybridized carbons (Fsp3) is 0.200. The molecule has 0 fully saturated rings. The van der Waals surface area contributed by atoms with Crippen molar-refractivity contribution in [2.45, 2.75) is 19.8 Å². The second-order valence-electron chi connectivity index (χ2n) is 4.29. The van der Waals surface area contributed by atoms with Crippen molar-refractivity contribution in [3.63, 3.8) is 0 Å². The first kappa shape index (κ1) is 10.5. The Morgan fingerprint density at radius 1 is 1.00 bits per heavy atom. The van der Waals surface area contributed by atoms with Crippen LogP contribution in [0.4, 0.5) is 0 Å². The van der Waals surface area contributed by atoms with Gasteiger partial charge in [-0.15, -0.1) is 0 Å². The van der Waals surface area contributed by atoms with Crippen LogP contribution in [0.1, 0.15) is 16.7 Å². The topological polar surface area (TPSA) is 29.5 Å². The summed E-state index contributed by atoms with van der Waals surface area (Å²) in [6.45, 7) is 1.36. The first-order chi connectivity index (χ1) is 8.38. The van der Waals surface area contributed by atoms with Crippen molar-refractivity contribution in [1.29, 1.82) is 0 Å². The van der Waals surface area contributed by atoms with Crippen LogP contribution in [0, 0.1) is 0 Å². The van der Waals surface area contributed by atoms with E-state index in [-0.39, 0.29) is 6.61 Å². The van der Waals surface area contributed by atoms with E-state index in [0.29, 0.717) is 13.2 Å². The van der Waals surface area contributed by atoms with Crippen molar-refractivity contribution < 1.29 is 9.84 Å². The van der Waals surface area contributed by atoms with Gasteiger partial charge in [-0.2, -0.15) is 0 Å². The lowest BCUT2D eigenvalue weighted by molar-refractivity contribution is 0.133. The average Bonchev–Trinajstić information content (AvgIpc) is 2.86. The summed E-state index contributed by atoms with van der Waals surface area (Å²) >= 11 is 0. The Bertz CT molecular complexity index is 532. The minimum atomic E-state index is 0.0758. The fourth-order valence-electron chi connectivity index (χ4n) is 2.31. The van der Waals surface area contributed by atoms with Crippen molar-refractivity contribution in [3.05, 3.63) is 59.2 Å². The summed E-state index contributed by atoms with van der Waals surface area (Å²) in [7, 11) is 0. The van der Waals surface area contributed by atoms with E-state index in [1.54, 1.807) is 0 Å². The third-order valence-corrected chi connectivity index (χ3v) is 3.22. The van der Waals surface area contributed by atoms with Gasteiger partial charge in [-0.1, -0.05) is 30.3 Å². The Morgan fingerprint density at radius 3 is 2.59 bits per heavy atom. The maximum absolute atomic E-state index is 9.42. The van der Waals surface area contributed by atoms with Crippen LogP contribution in [-0.2, 0) is 24.6 Å². The largest absolute Gasteiger partial charge is 0.392 e. The third-order valence-electron chi connectivity index (χ3n) is 3.22. The number of benzene rings is 2. The number of fused-ring (bicyclic) bond motifs is 1. The summed E-state index contributed by atoms with van der Waals surface area (Å²) in [5.41, 5.74) is 5.68. The number of aliphatic hydroxyl groups excluding tert-OH is 1. The summed E-state index contributed by atoms with van der Waals surface area (Å²) in [6, 6.07) is 14.4. The standard InChI is InChI=1S/C15H14O2/c16-8-13-6-12(11-4-2-1-3-5-11)7-14-9-17-10-15(13)14/h1-7,16H,8-10H2. The molecule has 86 valence electrons. The number of ether oxygens (including phenoxy) is 1. The van der Waals surface area contributed by atoms with E-state index >= 15 is 0 Å². The lowest BCUT2D eigenvalue weighted by Gasteiger charge is -2.09. The van der Waals surface area contributed by atoms with Gasteiger partial charge in [0, 0.05) is 0 Å². The van der Waals surface area contributed by atoms with Gasteiger partial charge in [0.25, 0.3) is 0 Å². The molecular weight excluding hydrogens is 212 g/mol. The maximum atomic E-state index is 9.42. The Morgan fingerprint density at radius 2 is 1.82 bits per heavy atom. The molecule has 3 rings (SSSR count). The first-order valence-electron chi connectivity index (χ1n) is 5.77. The van der Waals surface area contributed by atoms with Crippen molar-refractivity contribution in [3.8, 4) is 11.1 Å². The molecular formula is C15H14O2. The molecule has 0 saturated heterocycles. The van der Waals surface area contributed by atoms with Crippen LogP contribution in [0.2, 0.25) is 0 Å². The second kappa shape index (κ2) is 4.32. The highest BCUT2D eigenvalue weighted by molar-refractivity contribution is 5.66. The average molecular weight is 226 g/mol. The third kappa shape index (κ3) is 1.86. The highest BCUT2D eigenvalue weighted by Crippen LogP contribution is 2.30. The van der Waals surface area contributed by atoms with Crippen LogP contribution in [0.15, 0.2) is 42.5 Å². The quantitative estimate of drug-likeness (QED) is 0.853. The van der Waals surface area contributed by atoms with E-state index < -0.39 is 0 Å². The molecule has 2 aromatic rings. The van der Waals surface area contributed by atoms with Crippen molar-refractivity contribution in [2.75, 3.05) is 0 Å². The molecule has 0 spiro atoms. The minimum Gasteiger partial charge on any atom is -0.392 e. The predicted molar refractivity (Wildman–Crippen MR) is 66.3 cm³/mol. The van der Waals surface area contributed by atoms with Gasteiger partial charge in [-0.25, -0.2) is 0 Å². The summed E-state index contributed by atoms with van der Waals surface area (Å²) in [6.07, 6.45) is 0. The molecule has 0 radical (unpaired) electrons. The Kier molecular flexibility index (Phi) is 2.67. The Labute approximate surface area is 100 Å². The summed E-state index contributed by atoms with van der Waals surface area (Å²) in [4.78, 5) is 0. The van der Waals surface area contributed by atoms with Crippen molar-refractivity contribution in [1.82, 2.24) is 0 Å². The normalized spacial score (nSPS) is 13.7. The first-order valence-corrected chi connectivity index (χ1v) is 5.77. The molecule has 2 aromatic carbocycles. The van der Waals surface area contributed by atoms with Crippen LogP contribution < -0.4 is 0 Å². The molecule has 17 heavy (non-hydrogen) atoms. The zero-order valence-corrected chi connectivity index (χ0v) is 9.52. The lowest BCUT2D eigenvalue weighted by atomic mass is 9.96. The molecule has 0 unspecified atom stereocenters. The Balaban J connectivity index is 2.13. The fourth-order valence-corrected chi connectivity index (χ4v) is 2.31. The van der Waals surface area contributed by atoms with Crippen LogP contribution in [0.3, 0.4) is 0 Å². The van der Waals surface area contributed by atoms with Gasteiger partial charge in [0.2, 0.25) is 0 Å². The van der Waals surface area contributed by atoms with Crippen LogP contribution in [-0.4, -0.2) is 5.11 Å². The van der Waals surface area contributed by atoms with Crippen molar-refractivity contribution in [2.24, 2.45) is 0 Å². The Hall–Kier alpha value is -1.64. The molecule has 2 nitrogen and oxygen atoms in total. The second-order valence-corrected chi connectivity index (χ2v) is 4.29.